The number of alkyl halides is 12. The van der Waals surface area contributed by atoms with Crippen molar-refractivity contribution >= 4 is 0 Å². The molecule has 0 rings (SSSR count). The second-order valence-electron chi connectivity index (χ2n) is 3.19. The van der Waals surface area contributed by atoms with Crippen molar-refractivity contribution in [2.75, 3.05) is 0 Å². The van der Waals surface area contributed by atoms with Gasteiger partial charge in [0.05, 0.1) is 0 Å². The van der Waals surface area contributed by atoms with Gasteiger partial charge in [0, 0.05) is 0 Å². The van der Waals surface area contributed by atoms with Crippen LogP contribution < -0.4 is 0 Å². The third-order valence-electron chi connectivity index (χ3n) is 1.86. The summed E-state index contributed by atoms with van der Waals surface area (Å²) in [4.78, 5) is 0. The van der Waals surface area contributed by atoms with Crippen molar-refractivity contribution in [1.29, 1.82) is 0 Å². The molecule has 0 saturated heterocycles. The molecule has 0 aromatic rings. The average molecular weight is 318 g/mol. The van der Waals surface area contributed by atoms with Gasteiger partial charge in [-0.2, -0.15) is 43.9 Å². The van der Waals surface area contributed by atoms with Gasteiger partial charge >= 0.3 is 36.2 Å². The molecule has 0 saturated carbocycles. The summed E-state index contributed by atoms with van der Waals surface area (Å²) in [6.45, 7) is 0. The molecule has 0 bridgehead atoms. The number of hydrogen-bond donors (Lipinski definition) is 1. The first-order valence-corrected chi connectivity index (χ1v) is 3.84. The molecular weight excluding hydrogens is 316 g/mol. The second kappa shape index (κ2) is 4.31. The van der Waals surface area contributed by atoms with Crippen LogP contribution in [0, 0.1) is 0 Å². The molecule has 0 aliphatic rings. The van der Waals surface area contributed by atoms with E-state index in [1.54, 1.807) is 0 Å². The summed E-state index contributed by atoms with van der Waals surface area (Å²) in [6, 6.07) is 0. The number of hydrogen-bond acceptors (Lipinski definition) is 1. The maximum Gasteiger partial charge on any atom is 0.423 e. The SMILES string of the molecule is OC(F)(F)C(F)(F)C(F)(F)C(F)(F)C(F)(F)C(F)F. The Balaban J connectivity index is 5.92. The fraction of sp³-hybridized carbons (Fsp3) is 1.00. The highest BCUT2D eigenvalue weighted by Crippen LogP contribution is 2.57. The zero-order valence-corrected chi connectivity index (χ0v) is 8.06. The maximum absolute atomic E-state index is 12.4. The summed E-state index contributed by atoms with van der Waals surface area (Å²) in [5, 5.41) is 7.32. The minimum atomic E-state index is -7.65. The molecule has 0 aliphatic heterocycles. The van der Waals surface area contributed by atoms with Crippen LogP contribution >= 0.6 is 0 Å². The first kappa shape index (κ1) is 18.1. The van der Waals surface area contributed by atoms with E-state index in [0.717, 1.165) is 0 Å². The van der Waals surface area contributed by atoms with E-state index < -0.39 is 36.2 Å². The van der Waals surface area contributed by atoms with Crippen molar-refractivity contribution in [3.63, 3.8) is 0 Å². The third kappa shape index (κ3) is 2.31. The monoisotopic (exact) mass is 318 g/mol. The van der Waals surface area contributed by atoms with E-state index >= 15 is 0 Å². The first-order chi connectivity index (χ1) is 7.94. The van der Waals surface area contributed by atoms with E-state index in [9.17, 15) is 52.7 Å². The highest BCUT2D eigenvalue weighted by molar-refractivity contribution is 5.06. The molecule has 116 valence electrons. The summed E-state index contributed by atoms with van der Waals surface area (Å²) in [7, 11) is 0. The normalized spacial score (nSPS) is 16.1. The van der Waals surface area contributed by atoms with Crippen molar-refractivity contribution in [2.45, 2.75) is 36.2 Å². The molecule has 0 atom stereocenters. The molecule has 0 amide bonds. The van der Waals surface area contributed by atoms with Gasteiger partial charge in [-0.15, -0.1) is 0 Å². The molecule has 0 aromatic carbocycles. The minimum Gasteiger partial charge on any atom is -0.331 e. The van der Waals surface area contributed by atoms with Crippen LogP contribution in [0.5, 0.6) is 0 Å². The molecule has 0 spiro atoms. The Morgan fingerprint density at radius 1 is 0.579 bits per heavy atom. The summed E-state index contributed by atoms with van der Waals surface area (Å²) in [5.41, 5.74) is 0. The first-order valence-electron chi connectivity index (χ1n) is 3.84. The summed E-state index contributed by atoms with van der Waals surface area (Å²) < 4.78 is 144. The van der Waals surface area contributed by atoms with Crippen molar-refractivity contribution in [3.05, 3.63) is 0 Å². The Hall–Kier alpha value is -0.880. The maximum atomic E-state index is 12.4. The Bertz CT molecular complexity index is 328. The van der Waals surface area contributed by atoms with Crippen LogP contribution in [-0.4, -0.2) is 41.3 Å². The molecule has 0 aliphatic carbocycles. The largest absolute Gasteiger partial charge is 0.423 e. The highest BCUT2D eigenvalue weighted by Gasteiger charge is 2.88. The van der Waals surface area contributed by atoms with Crippen LogP contribution in [0.1, 0.15) is 0 Å². The van der Waals surface area contributed by atoms with E-state index in [4.69, 9.17) is 5.11 Å². The fourth-order valence-corrected chi connectivity index (χ4v) is 0.732. The van der Waals surface area contributed by atoms with E-state index in [0.29, 0.717) is 0 Å². The van der Waals surface area contributed by atoms with Crippen LogP contribution in [0.3, 0.4) is 0 Å². The van der Waals surface area contributed by atoms with Crippen molar-refractivity contribution < 1.29 is 57.8 Å². The van der Waals surface area contributed by atoms with Crippen LogP contribution in [0.25, 0.3) is 0 Å². The van der Waals surface area contributed by atoms with Crippen LogP contribution in [0.15, 0.2) is 0 Å². The van der Waals surface area contributed by atoms with E-state index in [1.807, 2.05) is 0 Å². The van der Waals surface area contributed by atoms with Gasteiger partial charge in [0.1, 0.15) is 0 Å². The predicted molar refractivity (Wildman–Crippen MR) is 33.0 cm³/mol. The fourth-order valence-electron chi connectivity index (χ4n) is 0.732. The average Bonchev–Trinajstić information content (AvgIpc) is 2.14. The van der Waals surface area contributed by atoms with Crippen LogP contribution in [0.2, 0.25) is 0 Å². The minimum absolute atomic E-state index is 5.54. The van der Waals surface area contributed by atoms with Gasteiger partial charge in [-0.05, 0) is 0 Å². The Kier molecular flexibility index (Phi) is 4.11. The van der Waals surface area contributed by atoms with Gasteiger partial charge in [-0.25, -0.2) is 8.78 Å². The lowest BCUT2D eigenvalue weighted by Gasteiger charge is -2.37. The lowest BCUT2D eigenvalue weighted by atomic mass is 9.98. The van der Waals surface area contributed by atoms with Gasteiger partial charge in [0.25, 0.3) is 0 Å². The van der Waals surface area contributed by atoms with E-state index in [1.165, 1.54) is 0 Å². The molecule has 1 nitrogen and oxygen atoms in total. The second-order valence-corrected chi connectivity index (χ2v) is 3.19. The van der Waals surface area contributed by atoms with Crippen molar-refractivity contribution in [2.24, 2.45) is 0 Å². The predicted octanol–water partition coefficient (Wildman–Crippen LogP) is 3.38. The number of aliphatic hydroxyl groups is 1. The highest BCUT2D eigenvalue weighted by atomic mass is 19.4. The number of halogens is 12. The molecule has 0 unspecified atom stereocenters. The van der Waals surface area contributed by atoms with Gasteiger partial charge in [-0.3, -0.25) is 0 Å². The summed E-state index contributed by atoms with van der Waals surface area (Å²) in [6.07, 6.45) is -12.4. The molecular formula is C6H2F12O. The zero-order chi connectivity index (χ0) is 16.1. The Labute approximate surface area is 95.3 Å². The zero-order valence-electron chi connectivity index (χ0n) is 8.06. The van der Waals surface area contributed by atoms with Gasteiger partial charge in [0.15, 0.2) is 0 Å². The quantitative estimate of drug-likeness (QED) is 0.771. The van der Waals surface area contributed by atoms with Crippen molar-refractivity contribution in [1.82, 2.24) is 0 Å². The lowest BCUT2D eigenvalue weighted by Crippen LogP contribution is -2.68. The van der Waals surface area contributed by atoms with E-state index in [2.05, 4.69) is 0 Å². The molecule has 1 N–H and O–H groups in total. The molecule has 0 heterocycles. The van der Waals surface area contributed by atoms with Gasteiger partial charge in [-0.1, -0.05) is 0 Å². The Morgan fingerprint density at radius 3 is 1.11 bits per heavy atom. The van der Waals surface area contributed by atoms with Crippen LogP contribution in [0.4, 0.5) is 52.7 Å². The summed E-state index contributed by atoms with van der Waals surface area (Å²) >= 11 is 0. The van der Waals surface area contributed by atoms with Crippen LogP contribution in [-0.2, 0) is 0 Å². The lowest BCUT2D eigenvalue weighted by molar-refractivity contribution is -0.444. The molecule has 0 fully saturated rings. The topological polar surface area (TPSA) is 20.2 Å². The smallest absolute Gasteiger partial charge is 0.331 e. The molecule has 13 heteroatoms. The molecule has 0 aromatic heterocycles. The summed E-state index contributed by atoms with van der Waals surface area (Å²) in [5.74, 6) is -29.7. The Morgan fingerprint density at radius 2 is 0.895 bits per heavy atom. The van der Waals surface area contributed by atoms with Crippen molar-refractivity contribution in [3.8, 4) is 0 Å². The molecule has 0 radical (unpaired) electrons. The third-order valence-corrected chi connectivity index (χ3v) is 1.86. The number of rotatable bonds is 5. The standard InChI is InChI=1S/C6H2F12O/c7-1(8)2(9,10)3(11,12)4(13,14)5(15,16)6(17,18)19/h1,19H. The van der Waals surface area contributed by atoms with Gasteiger partial charge in [0.2, 0.25) is 0 Å². The molecule has 19 heavy (non-hydrogen) atoms. The van der Waals surface area contributed by atoms with E-state index in [-0.39, 0.29) is 0 Å². The van der Waals surface area contributed by atoms with Gasteiger partial charge < -0.3 is 5.11 Å².